The number of nitrogens with zero attached hydrogens (tertiary/aromatic N) is 1. The van der Waals surface area contributed by atoms with Crippen molar-refractivity contribution in [2.24, 2.45) is 5.73 Å². The van der Waals surface area contributed by atoms with Crippen LogP contribution in [0.3, 0.4) is 0 Å². The molecule has 0 heterocycles. The molecule has 0 aromatic heterocycles. The van der Waals surface area contributed by atoms with Crippen LogP contribution in [0.25, 0.3) is 0 Å². The summed E-state index contributed by atoms with van der Waals surface area (Å²) in [6, 6.07) is 5.62. The molecule has 0 radical (unpaired) electrons. The van der Waals surface area contributed by atoms with Gasteiger partial charge in [0.2, 0.25) is 5.91 Å². The van der Waals surface area contributed by atoms with Crippen molar-refractivity contribution in [3.8, 4) is 0 Å². The standard InChI is InChI=1S/C13H19N3O4/c1-2-16(20)10-5-3-9(4-6-10)15-12(17)8-7-11(14)13(18)19/h3-6,11,20H,2,7-8,14H2,1H3,(H,15,17)(H,18,19)/t11-/m0/s1. The Kier molecular flexibility index (Phi) is 5.95. The van der Waals surface area contributed by atoms with Gasteiger partial charge in [0.05, 0.1) is 5.69 Å². The number of amides is 1. The first-order chi connectivity index (χ1) is 9.43. The van der Waals surface area contributed by atoms with E-state index in [9.17, 15) is 14.8 Å². The van der Waals surface area contributed by atoms with Gasteiger partial charge in [0.15, 0.2) is 0 Å². The maximum Gasteiger partial charge on any atom is 0.320 e. The molecule has 0 unspecified atom stereocenters. The fourth-order valence-electron chi connectivity index (χ4n) is 1.53. The lowest BCUT2D eigenvalue weighted by molar-refractivity contribution is -0.138. The first kappa shape index (κ1) is 15.9. The van der Waals surface area contributed by atoms with Crippen LogP contribution in [0.1, 0.15) is 19.8 Å². The van der Waals surface area contributed by atoms with Crippen molar-refractivity contribution < 1.29 is 19.9 Å². The van der Waals surface area contributed by atoms with E-state index in [1.54, 1.807) is 31.2 Å². The van der Waals surface area contributed by atoms with E-state index in [2.05, 4.69) is 5.32 Å². The van der Waals surface area contributed by atoms with Gasteiger partial charge in [0.25, 0.3) is 0 Å². The summed E-state index contributed by atoms with van der Waals surface area (Å²) < 4.78 is 0. The molecule has 7 heteroatoms. The van der Waals surface area contributed by atoms with Gasteiger partial charge < -0.3 is 16.2 Å². The fourth-order valence-corrected chi connectivity index (χ4v) is 1.53. The minimum atomic E-state index is -1.12. The zero-order valence-electron chi connectivity index (χ0n) is 11.2. The summed E-state index contributed by atoms with van der Waals surface area (Å²) in [5.74, 6) is -1.42. The lowest BCUT2D eigenvalue weighted by atomic mass is 10.1. The van der Waals surface area contributed by atoms with Crippen molar-refractivity contribution in [2.45, 2.75) is 25.8 Å². The average molecular weight is 281 g/mol. The van der Waals surface area contributed by atoms with Crippen LogP contribution in [0.5, 0.6) is 0 Å². The normalized spacial score (nSPS) is 11.8. The van der Waals surface area contributed by atoms with E-state index in [-0.39, 0.29) is 18.7 Å². The minimum Gasteiger partial charge on any atom is -0.480 e. The quantitative estimate of drug-likeness (QED) is 0.555. The number of carbonyl (C=O) groups excluding carboxylic acids is 1. The van der Waals surface area contributed by atoms with Crippen molar-refractivity contribution in [3.63, 3.8) is 0 Å². The first-order valence-electron chi connectivity index (χ1n) is 6.28. The second kappa shape index (κ2) is 7.46. The first-order valence-corrected chi connectivity index (χ1v) is 6.28. The third kappa shape index (κ3) is 4.87. The van der Waals surface area contributed by atoms with Gasteiger partial charge in [-0.15, -0.1) is 0 Å². The Morgan fingerprint density at radius 2 is 1.95 bits per heavy atom. The fraction of sp³-hybridized carbons (Fsp3) is 0.385. The number of hydrogen-bond acceptors (Lipinski definition) is 5. The van der Waals surface area contributed by atoms with Crippen LogP contribution in [-0.4, -0.2) is 34.8 Å². The number of nitrogens with one attached hydrogen (secondary N) is 1. The molecular weight excluding hydrogens is 262 g/mol. The van der Waals surface area contributed by atoms with Crippen LogP contribution >= 0.6 is 0 Å². The van der Waals surface area contributed by atoms with Crippen LogP contribution < -0.4 is 16.1 Å². The van der Waals surface area contributed by atoms with Crippen LogP contribution in [0.2, 0.25) is 0 Å². The van der Waals surface area contributed by atoms with Crippen molar-refractivity contribution in [2.75, 3.05) is 16.9 Å². The number of anilines is 2. The van der Waals surface area contributed by atoms with E-state index < -0.39 is 12.0 Å². The number of carboxylic acids is 1. The summed E-state index contributed by atoms with van der Waals surface area (Å²) in [5, 5.41) is 21.8. The highest BCUT2D eigenvalue weighted by Crippen LogP contribution is 2.16. The Balaban J connectivity index is 2.48. The lowest BCUT2D eigenvalue weighted by Gasteiger charge is -2.14. The Morgan fingerprint density at radius 3 is 2.45 bits per heavy atom. The molecule has 1 aromatic rings. The molecule has 7 nitrogen and oxygen atoms in total. The molecule has 1 aromatic carbocycles. The number of benzene rings is 1. The third-order valence-corrected chi connectivity index (χ3v) is 2.75. The molecule has 0 bridgehead atoms. The van der Waals surface area contributed by atoms with Crippen molar-refractivity contribution in [1.82, 2.24) is 0 Å². The number of nitrogens with two attached hydrogens (primary N) is 1. The summed E-state index contributed by atoms with van der Waals surface area (Å²) in [6.45, 7) is 2.26. The Hall–Kier alpha value is -2.12. The molecule has 1 atom stereocenters. The van der Waals surface area contributed by atoms with Crippen molar-refractivity contribution in [1.29, 1.82) is 0 Å². The molecule has 0 saturated carbocycles. The number of hydrogen-bond donors (Lipinski definition) is 4. The summed E-state index contributed by atoms with van der Waals surface area (Å²) in [6.07, 6.45) is 0.121. The topological polar surface area (TPSA) is 116 Å². The SMILES string of the molecule is CCN(O)c1ccc(NC(=O)CC[C@H](N)C(=O)O)cc1. The summed E-state index contributed by atoms with van der Waals surface area (Å²) in [5.41, 5.74) is 6.51. The molecular formula is C13H19N3O4. The molecule has 0 aliphatic carbocycles. The van der Waals surface area contributed by atoms with E-state index in [0.29, 0.717) is 17.9 Å². The van der Waals surface area contributed by atoms with Crippen molar-refractivity contribution >= 4 is 23.3 Å². The predicted octanol–water partition coefficient (Wildman–Crippen LogP) is 1.03. The Labute approximate surface area is 117 Å². The molecule has 110 valence electrons. The second-order valence-electron chi connectivity index (χ2n) is 4.29. The molecule has 0 aliphatic heterocycles. The summed E-state index contributed by atoms with van der Waals surface area (Å²) in [4.78, 5) is 22.1. The highest BCUT2D eigenvalue weighted by Gasteiger charge is 2.13. The minimum absolute atomic E-state index is 0.0380. The Morgan fingerprint density at radius 1 is 1.35 bits per heavy atom. The largest absolute Gasteiger partial charge is 0.480 e. The van der Waals surface area contributed by atoms with Gasteiger partial charge in [-0.25, -0.2) is 0 Å². The Bertz CT molecular complexity index is 461. The van der Waals surface area contributed by atoms with Crippen molar-refractivity contribution in [3.05, 3.63) is 24.3 Å². The summed E-state index contributed by atoms with van der Waals surface area (Å²) in [7, 11) is 0. The highest BCUT2D eigenvalue weighted by molar-refractivity contribution is 5.91. The summed E-state index contributed by atoms with van der Waals surface area (Å²) >= 11 is 0. The van der Waals surface area contributed by atoms with Crippen LogP contribution in [0, 0.1) is 0 Å². The van der Waals surface area contributed by atoms with E-state index in [4.69, 9.17) is 10.8 Å². The van der Waals surface area contributed by atoms with Gasteiger partial charge in [-0.1, -0.05) is 0 Å². The zero-order chi connectivity index (χ0) is 15.1. The second-order valence-corrected chi connectivity index (χ2v) is 4.29. The zero-order valence-corrected chi connectivity index (χ0v) is 11.2. The molecule has 5 N–H and O–H groups in total. The molecule has 1 amide bonds. The molecule has 1 rings (SSSR count). The van der Waals surface area contributed by atoms with Gasteiger partial charge >= 0.3 is 5.97 Å². The highest BCUT2D eigenvalue weighted by atomic mass is 16.5. The van der Waals surface area contributed by atoms with Gasteiger partial charge in [0.1, 0.15) is 6.04 Å². The van der Waals surface area contributed by atoms with E-state index in [1.165, 1.54) is 0 Å². The number of carboxylic acid groups (broad SMARTS) is 1. The number of aliphatic carboxylic acids is 1. The smallest absolute Gasteiger partial charge is 0.320 e. The third-order valence-electron chi connectivity index (χ3n) is 2.75. The van der Waals surface area contributed by atoms with Gasteiger partial charge in [0, 0.05) is 18.7 Å². The molecule has 20 heavy (non-hydrogen) atoms. The number of hydroxylamine groups is 1. The predicted molar refractivity (Wildman–Crippen MR) is 74.7 cm³/mol. The van der Waals surface area contributed by atoms with Gasteiger partial charge in [-0.05, 0) is 37.6 Å². The number of carbonyl (C=O) groups is 2. The van der Waals surface area contributed by atoms with Crippen LogP contribution in [0.15, 0.2) is 24.3 Å². The monoisotopic (exact) mass is 281 g/mol. The molecule has 0 fully saturated rings. The van der Waals surface area contributed by atoms with Crippen LogP contribution in [-0.2, 0) is 9.59 Å². The molecule has 0 aliphatic rings. The van der Waals surface area contributed by atoms with Crippen LogP contribution in [0.4, 0.5) is 11.4 Å². The number of rotatable bonds is 7. The van der Waals surface area contributed by atoms with E-state index >= 15 is 0 Å². The van der Waals surface area contributed by atoms with Gasteiger partial charge in [-0.3, -0.25) is 19.9 Å². The lowest BCUT2D eigenvalue weighted by Crippen LogP contribution is -2.31. The van der Waals surface area contributed by atoms with Gasteiger partial charge in [-0.2, -0.15) is 0 Å². The van der Waals surface area contributed by atoms with E-state index in [1.807, 2.05) is 0 Å². The molecule has 0 spiro atoms. The maximum absolute atomic E-state index is 11.6. The van der Waals surface area contributed by atoms with E-state index in [0.717, 1.165) is 5.06 Å². The molecule has 0 saturated heterocycles. The average Bonchev–Trinajstić information content (AvgIpc) is 2.44. The maximum atomic E-state index is 11.6.